The summed E-state index contributed by atoms with van der Waals surface area (Å²) in [5.41, 5.74) is 2.80. The van der Waals surface area contributed by atoms with E-state index in [9.17, 15) is 9.18 Å². The highest BCUT2D eigenvalue weighted by Gasteiger charge is 2.11. The Morgan fingerprint density at radius 1 is 1.09 bits per heavy atom. The van der Waals surface area contributed by atoms with Crippen LogP contribution in [0.5, 0.6) is 0 Å². The molecule has 1 aromatic heterocycles. The number of para-hydroxylation sites is 1. The summed E-state index contributed by atoms with van der Waals surface area (Å²) in [7, 11) is 0. The molecule has 0 aliphatic heterocycles. The van der Waals surface area contributed by atoms with E-state index in [-0.39, 0.29) is 5.82 Å². The monoisotopic (exact) mass is 308 g/mol. The number of aromatic nitrogens is 2. The van der Waals surface area contributed by atoms with E-state index in [1.807, 2.05) is 30.3 Å². The highest BCUT2D eigenvalue weighted by molar-refractivity contribution is 5.87. The maximum absolute atomic E-state index is 13.1. The van der Waals surface area contributed by atoms with E-state index in [4.69, 9.17) is 5.11 Å². The molecule has 0 aliphatic carbocycles. The lowest BCUT2D eigenvalue weighted by molar-refractivity contribution is -0.131. The van der Waals surface area contributed by atoms with Gasteiger partial charge in [0.2, 0.25) is 0 Å². The van der Waals surface area contributed by atoms with E-state index in [1.165, 1.54) is 18.2 Å². The molecule has 0 unspecified atom stereocenters. The summed E-state index contributed by atoms with van der Waals surface area (Å²) < 4.78 is 14.8. The van der Waals surface area contributed by atoms with E-state index in [2.05, 4.69) is 5.10 Å². The van der Waals surface area contributed by atoms with Crippen LogP contribution >= 0.6 is 0 Å². The number of carbonyl (C=O) groups is 1. The van der Waals surface area contributed by atoms with E-state index in [0.717, 1.165) is 11.8 Å². The highest BCUT2D eigenvalue weighted by atomic mass is 19.1. The van der Waals surface area contributed by atoms with Crippen molar-refractivity contribution in [3.63, 3.8) is 0 Å². The lowest BCUT2D eigenvalue weighted by Crippen LogP contribution is -1.94. The number of halogens is 1. The zero-order chi connectivity index (χ0) is 16.2. The van der Waals surface area contributed by atoms with Crippen LogP contribution in [0.1, 0.15) is 5.56 Å². The Labute approximate surface area is 132 Å². The first-order valence-corrected chi connectivity index (χ1v) is 6.95. The molecule has 23 heavy (non-hydrogen) atoms. The number of hydrogen-bond acceptors (Lipinski definition) is 2. The lowest BCUT2D eigenvalue weighted by Gasteiger charge is -2.00. The van der Waals surface area contributed by atoms with Crippen molar-refractivity contribution in [3.8, 4) is 16.9 Å². The Bertz CT molecular complexity index is 852. The van der Waals surface area contributed by atoms with Crippen LogP contribution < -0.4 is 0 Å². The van der Waals surface area contributed by atoms with Gasteiger partial charge in [-0.3, -0.25) is 0 Å². The van der Waals surface area contributed by atoms with Gasteiger partial charge in [0, 0.05) is 23.4 Å². The molecule has 0 fully saturated rings. The third-order valence-corrected chi connectivity index (χ3v) is 3.29. The number of hydrogen-bond donors (Lipinski definition) is 1. The van der Waals surface area contributed by atoms with Crippen LogP contribution in [0.2, 0.25) is 0 Å². The molecule has 0 radical (unpaired) electrons. The quantitative estimate of drug-likeness (QED) is 0.746. The fourth-order valence-corrected chi connectivity index (χ4v) is 2.22. The third-order valence-electron chi connectivity index (χ3n) is 3.29. The van der Waals surface area contributed by atoms with E-state index in [0.29, 0.717) is 16.8 Å². The molecule has 4 nitrogen and oxygen atoms in total. The van der Waals surface area contributed by atoms with Crippen LogP contribution in [-0.2, 0) is 4.79 Å². The number of carboxylic acid groups (broad SMARTS) is 1. The Morgan fingerprint density at radius 2 is 1.78 bits per heavy atom. The number of nitrogens with zero attached hydrogens (tertiary/aromatic N) is 2. The molecule has 114 valence electrons. The maximum atomic E-state index is 13.1. The number of aliphatic carboxylic acids is 1. The van der Waals surface area contributed by atoms with E-state index in [1.54, 1.807) is 23.0 Å². The third kappa shape index (κ3) is 3.35. The van der Waals surface area contributed by atoms with Crippen molar-refractivity contribution in [1.29, 1.82) is 0 Å². The second-order valence-electron chi connectivity index (χ2n) is 4.89. The van der Waals surface area contributed by atoms with Crippen LogP contribution in [0.3, 0.4) is 0 Å². The molecule has 3 rings (SSSR count). The molecule has 0 saturated carbocycles. The number of benzene rings is 2. The van der Waals surface area contributed by atoms with E-state index < -0.39 is 5.97 Å². The molecule has 5 heteroatoms. The van der Waals surface area contributed by atoms with Crippen molar-refractivity contribution in [2.45, 2.75) is 0 Å². The topological polar surface area (TPSA) is 55.1 Å². The minimum atomic E-state index is -1.04. The molecular weight excluding hydrogens is 295 g/mol. The lowest BCUT2D eigenvalue weighted by atomic mass is 10.1. The molecule has 2 aromatic carbocycles. The van der Waals surface area contributed by atoms with Crippen LogP contribution in [-0.4, -0.2) is 20.9 Å². The van der Waals surface area contributed by atoms with E-state index >= 15 is 0 Å². The van der Waals surface area contributed by atoms with Crippen molar-refractivity contribution in [2.75, 3.05) is 0 Å². The molecule has 0 atom stereocenters. The van der Waals surface area contributed by atoms with Crippen molar-refractivity contribution >= 4 is 12.0 Å². The van der Waals surface area contributed by atoms with Gasteiger partial charge in [-0.1, -0.05) is 18.2 Å². The average Bonchev–Trinajstić information content (AvgIpc) is 2.99. The summed E-state index contributed by atoms with van der Waals surface area (Å²) in [5, 5.41) is 13.3. The second kappa shape index (κ2) is 6.27. The van der Waals surface area contributed by atoms with Gasteiger partial charge in [0.15, 0.2) is 0 Å². The van der Waals surface area contributed by atoms with Gasteiger partial charge in [0.05, 0.1) is 11.4 Å². The predicted molar refractivity (Wildman–Crippen MR) is 85.6 cm³/mol. The molecule has 1 N–H and O–H groups in total. The molecule has 0 spiro atoms. The first-order valence-electron chi connectivity index (χ1n) is 6.95. The smallest absolute Gasteiger partial charge is 0.328 e. The Hall–Kier alpha value is -3.21. The zero-order valence-electron chi connectivity index (χ0n) is 12.1. The first kappa shape index (κ1) is 14.7. The van der Waals surface area contributed by atoms with Gasteiger partial charge < -0.3 is 5.11 Å². The average molecular weight is 308 g/mol. The number of rotatable bonds is 4. The molecule has 1 heterocycles. The second-order valence-corrected chi connectivity index (χ2v) is 4.89. The minimum Gasteiger partial charge on any atom is -0.478 e. The molecule has 0 aliphatic rings. The Kier molecular flexibility index (Phi) is 4.01. The summed E-state index contributed by atoms with van der Waals surface area (Å²) in [6, 6.07) is 15.4. The molecule has 0 saturated heterocycles. The summed E-state index contributed by atoms with van der Waals surface area (Å²) in [5.74, 6) is -1.37. The summed E-state index contributed by atoms with van der Waals surface area (Å²) in [6.07, 6.45) is 4.28. The summed E-state index contributed by atoms with van der Waals surface area (Å²) >= 11 is 0. The van der Waals surface area contributed by atoms with Crippen molar-refractivity contribution in [2.24, 2.45) is 0 Å². The van der Waals surface area contributed by atoms with Crippen molar-refractivity contribution < 1.29 is 14.3 Å². The highest BCUT2D eigenvalue weighted by Crippen LogP contribution is 2.25. The largest absolute Gasteiger partial charge is 0.478 e. The molecule has 3 aromatic rings. The number of carboxylic acids is 1. The predicted octanol–water partition coefficient (Wildman–Crippen LogP) is 3.78. The standard InChI is InChI=1S/C18H13FN2O2/c19-15-9-6-13(7-10-15)18-14(8-11-17(22)23)12-21(20-18)16-4-2-1-3-5-16/h1-12H,(H,22,23)/b11-8+. The van der Waals surface area contributed by atoms with Crippen LogP contribution in [0.25, 0.3) is 23.0 Å². The maximum Gasteiger partial charge on any atom is 0.328 e. The van der Waals surface area contributed by atoms with Crippen molar-refractivity contribution in [3.05, 3.63) is 78.3 Å². The van der Waals surface area contributed by atoms with Gasteiger partial charge in [-0.15, -0.1) is 0 Å². The fraction of sp³-hybridized carbons (Fsp3) is 0. The van der Waals surface area contributed by atoms with Gasteiger partial charge in [-0.25, -0.2) is 13.9 Å². The van der Waals surface area contributed by atoms with Gasteiger partial charge in [-0.05, 0) is 42.5 Å². The summed E-state index contributed by atoms with van der Waals surface area (Å²) in [6.45, 7) is 0. The molecule has 0 amide bonds. The van der Waals surface area contributed by atoms with Crippen LogP contribution in [0.4, 0.5) is 4.39 Å². The van der Waals surface area contributed by atoms with Crippen LogP contribution in [0, 0.1) is 5.82 Å². The Morgan fingerprint density at radius 3 is 2.43 bits per heavy atom. The summed E-state index contributed by atoms with van der Waals surface area (Å²) in [4.78, 5) is 10.8. The molecule has 0 bridgehead atoms. The minimum absolute atomic E-state index is 0.334. The van der Waals surface area contributed by atoms with Gasteiger partial charge in [-0.2, -0.15) is 5.10 Å². The molecular formula is C18H13FN2O2. The van der Waals surface area contributed by atoms with Gasteiger partial charge >= 0.3 is 5.97 Å². The van der Waals surface area contributed by atoms with Crippen LogP contribution in [0.15, 0.2) is 66.9 Å². The first-order chi connectivity index (χ1) is 11.1. The zero-order valence-corrected chi connectivity index (χ0v) is 12.1. The van der Waals surface area contributed by atoms with Crippen molar-refractivity contribution in [1.82, 2.24) is 9.78 Å². The van der Waals surface area contributed by atoms with Gasteiger partial charge in [0.1, 0.15) is 5.82 Å². The van der Waals surface area contributed by atoms with Gasteiger partial charge in [0.25, 0.3) is 0 Å². The fourth-order valence-electron chi connectivity index (χ4n) is 2.22. The SMILES string of the molecule is O=C(O)/C=C/c1cn(-c2ccccc2)nc1-c1ccc(F)cc1. The normalized spacial score (nSPS) is 11.0. The Balaban J connectivity index is 2.10.